The molecule has 0 radical (unpaired) electrons. The lowest BCUT2D eigenvalue weighted by Gasteiger charge is -2.20. The molecule has 3 heteroatoms. The van der Waals surface area contributed by atoms with Gasteiger partial charge in [-0.1, -0.05) is 36.4 Å². The van der Waals surface area contributed by atoms with Crippen molar-refractivity contribution in [2.75, 3.05) is 6.61 Å². The van der Waals surface area contributed by atoms with Gasteiger partial charge in [-0.3, -0.25) is 0 Å². The number of carbonyl (C=O) groups excluding carboxylic acids is 1. The van der Waals surface area contributed by atoms with Gasteiger partial charge in [-0.2, -0.15) is 0 Å². The summed E-state index contributed by atoms with van der Waals surface area (Å²) in [5.74, 6) is 0. The molecule has 1 aromatic rings. The van der Waals surface area contributed by atoms with Gasteiger partial charge in [0, 0.05) is 5.56 Å². The van der Waals surface area contributed by atoms with E-state index in [-0.39, 0.29) is 6.61 Å². The van der Waals surface area contributed by atoms with Crippen LogP contribution in [0.4, 0.5) is 4.79 Å². The molecule has 0 bridgehead atoms. The molecule has 0 N–H and O–H groups in total. The lowest BCUT2D eigenvalue weighted by atomic mass is 9.94. The van der Waals surface area contributed by atoms with Crippen molar-refractivity contribution in [1.29, 1.82) is 0 Å². The highest BCUT2D eigenvalue weighted by molar-refractivity contribution is 5.64. The minimum Gasteiger partial charge on any atom is -0.429 e. The van der Waals surface area contributed by atoms with Crippen LogP contribution in [0.3, 0.4) is 0 Å². The number of carbonyl (C=O) groups is 1. The zero-order chi connectivity index (χ0) is 10.9. The van der Waals surface area contributed by atoms with Crippen molar-refractivity contribution in [3.05, 3.63) is 48.0 Å². The second-order valence-electron chi connectivity index (χ2n) is 3.60. The summed E-state index contributed by atoms with van der Waals surface area (Å²) in [5, 5.41) is 0. The molecule has 1 aromatic carbocycles. The molecule has 1 atom stereocenters. The van der Waals surface area contributed by atoms with E-state index in [0.29, 0.717) is 0 Å². The molecule has 1 heterocycles. The van der Waals surface area contributed by atoms with E-state index >= 15 is 0 Å². The predicted molar refractivity (Wildman–Crippen MR) is 55.5 cm³/mol. The van der Waals surface area contributed by atoms with Gasteiger partial charge in [-0.05, 0) is 13.0 Å². The van der Waals surface area contributed by atoms with E-state index in [0.717, 1.165) is 11.1 Å². The van der Waals surface area contributed by atoms with Gasteiger partial charge in [0.05, 0.1) is 0 Å². The largest absolute Gasteiger partial charge is 0.509 e. The van der Waals surface area contributed by atoms with Crippen molar-refractivity contribution in [2.45, 2.75) is 12.5 Å². The van der Waals surface area contributed by atoms with Crippen LogP contribution in [-0.4, -0.2) is 12.8 Å². The van der Waals surface area contributed by atoms with E-state index in [1.54, 1.807) is 6.08 Å². The average Bonchev–Trinajstić information content (AvgIpc) is 2.62. The molecule has 15 heavy (non-hydrogen) atoms. The normalized spacial score (nSPS) is 24.5. The van der Waals surface area contributed by atoms with Gasteiger partial charge < -0.3 is 9.47 Å². The van der Waals surface area contributed by atoms with Crippen molar-refractivity contribution in [3.63, 3.8) is 0 Å². The van der Waals surface area contributed by atoms with Crippen LogP contribution in [0.1, 0.15) is 11.1 Å². The van der Waals surface area contributed by atoms with Crippen LogP contribution in [0, 0.1) is 6.92 Å². The number of hydrogen-bond acceptors (Lipinski definition) is 3. The average molecular weight is 204 g/mol. The minimum atomic E-state index is -0.815. The summed E-state index contributed by atoms with van der Waals surface area (Å²) in [4.78, 5) is 11.0. The third-order valence-corrected chi connectivity index (χ3v) is 2.54. The van der Waals surface area contributed by atoms with Gasteiger partial charge in [-0.25, -0.2) is 4.79 Å². The molecule has 1 aliphatic heterocycles. The molecule has 0 saturated carbocycles. The van der Waals surface area contributed by atoms with Crippen LogP contribution in [0.15, 0.2) is 36.9 Å². The Morgan fingerprint density at radius 1 is 1.40 bits per heavy atom. The van der Waals surface area contributed by atoms with Gasteiger partial charge in [0.1, 0.15) is 6.61 Å². The minimum absolute atomic E-state index is 0.193. The molecule has 1 fully saturated rings. The number of benzene rings is 1. The Balaban J connectivity index is 2.38. The summed E-state index contributed by atoms with van der Waals surface area (Å²) in [5.41, 5.74) is 1.22. The molecule has 0 aromatic heterocycles. The molecule has 1 unspecified atom stereocenters. The number of aryl methyl sites for hydroxylation is 1. The molecule has 78 valence electrons. The second kappa shape index (κ2) is 3.42. The first-order valence-corrected chi connectivity index (χ1v) is 4.73. The zero-order valence-corrected chi connectivity index (χ0v) is 8.53. The van der Waals surface area contributed by atoms with Crippen LogP contribution in [0.25, 0.3) is 0 Å². The standard InChI is InChI=1S/C12H12O3/c1-3-12(8-14-11(13)15-12)10-6-4-9(2)5-7-10/h3-7H,1,8H2,2H3. The molecular formula is C12H12O3. The van der Waals surface area contributed by atoms with E-state index < -0.39 is 11.8 Å². The Hall–Kier alpha value is -1.77. The Labute approximate surface area is 88.3 Å². The van der Waals surface area contributed by atoms with Crippen molar-refractivity contribution in [2.24, 2.45) is 0 Å². The number of rotatable bonds is 2. The van der Waals surface area contributed by atoms with Gasteiger partial charge in [0.15, 0.2) is 5.60 Å². The number of ether oxygens (including phenoxy) is 2. The summed E-state index contributed by atoms with van der Waals surface area (Å²) in [6, 6.07) is 7.76. The fourth-order valence-electron chi connectivity index (χ4n) is 1.57. The lowest BCUT2D eigenvalue weighted by Crippen LogP contribution is -2.25. The summed E-state index contributed by atoms with van der Waals surface area (Å²) < 4.78 is 9.96. The van der Waals surface area contributed by atoms with E-state index in [1.165, 1.54) is 0 Å². The summed E-state index contributed by atoms with van der Waals surface area (Å²) in [7, 11) is 0. The molecule has 1 aliphatic rings. The van der Waals surface area contributed by atoms with Crippen LogP contribution in [0.2, 0.25) is 0 Å². The van der Waals surface area contributed by atoms with Crippen LogP contribution < -0.4 is 0 Å². The first-order valence-electron chi connectivity index (χ1n) is 4.73. The smallest absolute Gasteiger partial charge is 0.429 e. The highest BCUT2D eigenvalue weighted by Crippen LogP contribution is 2.32. The first kappa shape index (κ1) is 9.77. The molecule has 0 amide bonds. The van der Waals surface area contributed by atoms with Gasteiger partial charge >= 0.3 is 6.16 Å². The van der Waals surface area contributed by atoms with Crippen LogP contribution in [-0.2, 0) is 15.1 Å². The monoisotopic (exact) mass is 204 g/mol. The van der Waals surface area contributed by atoms with Crippen LogP contribution >= 0.6 is 0 Å². The van der Waals surface area contributed by atoms with Crippen molar-refractivity contribution in [1.82, 2.24) is 0 Å². The Morgan fingerprint density at radius 2 is 2.07 bits per heavy atom. The third kappa shape index (κ3) is 1.61. The highest BCUT2D eigenvalue weighted by atomic mass is 16.8. The predicted octanol–water partition coefficient (Wildman–Crippen LogP) is 2.54. The fraction of sp³-hybridized carbons (Fsp3) is 0.250. The van der Waals surface area contributed by atoms with E-state index in [9.17, 15) is 4.79 Å². The Kier molecular flexibility index (Phi) is 2.23. The molecular weight excluding hydrogens is 192 g/mol. The quantitative estimate of drug-likeness (QED) is 0.548. The first-order chi connectivity index (χ1) is 7.16. The van der Waals surface area contributed by atoms with Gasteiger partial charge in [0.25, 0.3) is 0 Å². The summed E-state index contributed by atoms with van der Waals surface area (Å²) in [6.45, 7) is 5.89. The SMILES string of the molecule is C=CC1(c2ccc(C)cc2)COC(=O)O1. The van der Waals surface area contributed by atoms with E-state index in [2.05, 4.69) is 6.58 Å². The summed E-state index contributed by atoms with van der Waals surface area (Å²) in [6.07, 6.45) is 0.957. The van der Waals surface area contributed by atoms with Gasteiger partial charge in [-0.15, -0.1) is 0 Å². The number of hydrogen-bond donors (Lipinski definition) is 0. The van der Waals surface area contributed by atoms with Crippen molar-refractivity contribution in [3.8, 4) is 0 Å². The maximum Gasteiger partial charge on any atom is 0.509 e. The molecule has 0 spiro atoms. The Bertz CT molecular complexity index is 394. The van der Waals surface area contributed by atoms with E-state index in [4.69, 9.17) is 9.47 Å². The number of cyclic esters (lactones) is 2. The highest BCUT2D eigenvalue weighted by Gasteiger charge is 2.41. The van der Waals surface area contributed by atoms with Crippen LogP contribution in [0.5, 0.6) is 0 Å². The maximum absolute atomic E-state index is 11.0. The third-order valence-electron chi connectivity index (χ3n) is 2.54. The second-order valence-corrected chi connectivity index (χ2v) is 3.60. The van der Waals surface area contributed by atoms with Gasteiger partial charge in [0.2, 0.25) is 0 Å². The molecule has 3 nitrogen and oxygen atoms in total. The fourth-order valence-corrected chi connectivity index (χ4v) is 1.57. The Morgan fingerprint density at radius 3 is 2.53 bits per heavy atom. The van der Waals surface area contributed by atoms with Crippen molar-refractivity contribution < 1.29 is 14.3 Å². The maximum atomic E-state index is 11.0. The molecule has 0 aliphatic carbocycles. The molecule has 1 saturated heterocycles. The summed E-state index contributed by atoms with van der Waals surface area (Å²) >= 11 is 0. The zero-order valence-electron chi connectivity index (χ0n) is 8.53. The topological polar surface area (TPSA) is 35.5 Å². The molecule has 2 rings (SSSR count). The van der Waals surface area contributed by atoms with Crippen molar-refractivity contribution >= 4 is 6.16 Å². The lowest BCUT2D eigenvalue weighted by molar-refractivity contribution is 0.0887. The van der Waals surface area contributed by atoms with E-state index in [1.807, 2.05) is 31.2 Å².